The van der Waals surface area contributed by atoms with Gasteiger partial charge in [-0.15, -0.1) is 0 Å². The maximum absolute atomic E-state index is 13.2. The average Bonchev–Trinajstić information content (AvgIpc) is 2.21. The van der Waals surface area contributed by atoms with Gasteiger partial charge in [0.25, 0.3) is 5.88 Å². The second kappa shape index (κ2) is 4.37. The lowest BCUT2D eigenvalue weighted by Crippen LogP contribution is -1.93. The molecule has 0 saturated carbocycles. The smallest absolute Gasteiger partial charge is 0.256 e. The van der Waals surface area contributed by atoms with E-state index in [9.17, 15) is 13.9 Å². The molecule has 1 aromatic heterocycles. The molecular weight excluding hydrogens is 228 g/mol. The normalized spacial score (nSPS) is 10.3. The fourth-order valence-electron chi connectivity index (χ4n) is 1.38. The maximum atomic E-state index is 13.2. The van der Waals surface area contributed by atoms with Crippen molar-refractivity contribution in [1.29, 1.82) is 0 Å². The molecule has 1 aromatic carbocycles. The molecule has 88 valence electrons. The highest BCUT2D eigenvalue weighted by atomic mass is 19.1. The predicted octanol–water partition coefficient (Wildman–Crippen LogP) is 3.17. The van der Waals surface area contributed by atoms with E-state index in [-0.39, 0.29) is 17.4 Å². The first-order valence-electron chi connectivity index (χ1n) is 4.84. The molecule has 0 radical (unpaired) electrons. The molecule has 2 aromatic rings. The fraction of sp³-hybridized carbons (Fsp3) is 0.0833. The third-order valence-corrected chi connectivity index (χ3v) is 2.02. The number of ether oxygens (including phenoxy) is 1. The van der Waals surface area contributed by atoms with Gasteiger partial charge in [-0.25, -0.2) is 13.8 Å². The molecule has 1 N–H and O–H groups in total. The maximum Gasteiger partial charge on any atom is 0.256 e. The second-order valence-corrected chi connectivity index (χ2v) is 3.55. The summed E-state index contributed by atoms with van der Waals surface area (Å²) in [5.41, 5.74) is 0.752. The summed E-state index contributed by atoms with van der Waals surface area (Å²) in [7, 11) is 0. The van der Waals surface area contributed by atoms with Crippen molar-refractivity contribution in [3.05, 3.63) is 47.7 Å². The van der Waals surface area contributed by atoms with E-state index in [1.807, 2.05) is 0 Å². The molecule has 0 fully saturated rings. The first-order chi connectivity index (χ1) is 8.04. The van der Waals surface area contributed by atoms with Gasteiger partial charge in [0.1, 0.15) is 17.3 Å². The number of pyridine rings is 1. The van der Waals surface area contributed by atoms with Gasteiger partial charge in [0.05, 0.1) is 6.20 Å². The van der Waals surface area contributed by atoms with Crippen LogP contribution in [0, 0.1) is 18.6 Å². The second-order valence-electron chi connectivity index (χ2n) is 3.55. The summed E-state index contributed by atoms with van der Waals surface area (Å²) in [6.45, 7) is 1.75. The summed E-state index contributed by atoms with van der Waals surface area (Å²) < 4.78 is 31.0. The highest BCUT2D eigenvalue weighted by Gasteiger charge is 2.08. The molecule has 2 rings (SSSR count). The number of aromatic hydroxyl groups is 1. The molecule has 17 heavy (non-hydrogen) atoms. The minimum absolute atomic E-state index is 0.00233. The van der Waals surface area contributed by atoms with Crippen LogP contribution in [-0.4, -0.2) is 10.1 Å². The standard InChI is InChI=1S/C12H9F2NO2/c1-7-2-9(16)5-10(3-7)17-12-11(14)4-8(13)6-15-12/h2-6,16H,1H3. The Kier molecular flexibility index (Phi) is 2.91. The van der Waals surface area contributed by atoms with Crippen LogP contribution in [0.1, 0.15) is 5.56 Å². The van der Waals surface area contributed by atoms with Gasteiger partial charge >= 0.3 is 0 Å². The molecule has 0 aliphatic heterocycles. The van der Waals surface area contributed by atoms with Crippen LogP contribution in [0.15, 0.2) is 30.5 Å². The van der Waals surface area contributed by atoms with Crippen molar-refractivity contribution >= 4 is 0 Å². The van der Waals surface area contributed by atoms with E-state index < -0.39 is 11.6 Å². The molecule has 0 spiro atoms. The summed E-state index contributed by atoms with van der Waals surface area (Å²) in [5.74, 6) is -1.77. The summed E-state index contributed by atoms with van der Waals surface area (Å²) in [6, 6.07) is 5.13. The fourth-order valence-corrected chi connectivity index (χ4v) is 1.38. The number of hydrogen-bond acceptors (Lipinski definition) is 3. The van der Waals surface area contributed by atoms with Crippen molar-refractivity contribution in [3.8, 4) is 17.4 Å². The molecular formula is C12H9F2NO2. The molecule has 0 bridgehead atoms. The van der Waals surface area contributed by atoms with Crippen LogP contribution in [0.3, 0.4) is 0 Å². The molecule has 0 aliphatic carbocycles. The zero-order valence-corrected chi connectivity index (χ0v) is 8.95. The number of phenols is 1. The number of benzene rings is 1. The van der Waals surface area contributed by atoms with Crippen molar-refractivity contribution in [1.82, 2.24) is 4.98 Å². The van der Waals surface area contributed by atoms with Crippen LogP contribution in [0.2, 0.25) is 0 Å². The van der Waals surface area contributed by atoms with Crippen molar-refractivity contribution in [2.75, 3.05) is 0 Å². The third-order valence-electron chi connectivity index (χ3n) is 2.02. The minimum atomic E-state index is -0.897. The molecule has 0 amide bonds. The zero-order chi connectivity index (χ0) is 12.4. The first kappa shape index (κ1) is 11.3. The van der Waals surface area contributed by atoms with Crippen LogP contribution in [0.5, 0.6) is 17.4 Å². The average molecular weight is 237 g/mol. The number of halogens is 2. The number of aromatic nitrogens is 1. The molecule has 0 atom stereocenters. The Bertz CT molecular complexity index is 538. The van der Waals surface area contributed by atoms with Crippen LogP contribution in [0.4, 0.5) is 8.78 Å². The lowest BCUT2D eigenvalue weighted by atomic mass is 10.2. The van der Waals surface area contributed by atoms with Crippen LogP contribution < -0.4 is 4.74 Å². The van der Waals surface area contributed by atoms with Crippen LogP contribution in [-0.2, 0) is 0 Å². The minimum Gasteiger partial charge on any atom is -0.508 e. The first-order valence-corrected chi connectivity index (χ1v) is 4.84. The Morgan fingerprint density at radius 2 is 1.94 bits per heavy atom. The highest BCUT2D eigenvalue weighted by Crippen LogP contribution is 2.26. The Labute approximate surface area is 96.3 Å². The van der Waals surface area contributed by atoms with Crippen molar-refractivity contribution in [3.63, 3.8) is 0 Å². The Balaban J connectivity index is 2.31. The molecule has 3 nitrogen and oxygen atoms in total. The van der Waals surface area contributed by atoms with Crippen molar-refractivity contribution < 1.29 is 18.6 Å². The highest BCUT2D eigenvalue weighted by molar-refractivity contribution is 5.38. The summed E-state index contributed by atoms with van der Waals surface area (Å²) >= 11 is 0. The zero-order valence-electron chi connectivity index (χ0n) is 8.95. The van der Waals surface area contributed by atoms with Gasteiger partial charge in [-0.3, -0.25) is 0 Å². The van der Waals surface area contributed by atoms with Crippen molar-refractivity contribution in [2.24, 2.45) is 0 Å². The van der Waals surface area contributed by atoms with E-state index in [1.165, 1.54) is 12.1 Å². The largest absolute Gasteiger partial charge is 0.508 e. The molecule has 5 heteroatoms. The van der Waals surface area contributed by atoms with Gasteiger partial charge in [0.15, 0.2) is 5.82 Å². The summed E-state index contributed by atoms with van der Waals surface area (Å²) in [6.07, 6.45) is 0.855. The summed E-state index contributed by atoms with van der Waals surface area (Å²) in [5, 5.41) is 9.33. The number of rotatable bonds is 2. The van der Waals surface area contributed by atoms with Crippen molar-refractivity contribution in [2.45, 2.75) is 6.92 Å². The predicted molar refractivity (Wildman–Crippen MR) is 57.1 cm³/mol. The lowest BCUT2D eigenvalue weighted by Gasteiger charge is -2.06. The molecule has 1 heterocycles. The van der Waals surface area contributed by atoms with E-state index in [4.69, 9.17) is 4.74 Å². The lowest BCUT2D eigenvalue weighted by molar-refractivity contribution is 0.410. The van der Waals surface area contributed by atoms with Gasteiger partial charge in [0.2, 0.25) is 0 Å². The van der Waals surface area contributed by atoms with E-state index in [0.29, 0.717) is 6.07 Å². The monoisotopic (exact) mass is 237 g/mol. The SMILES string of the molecule is Cc1cc(O)cc(Oc2ncc(F)cc2F)c1. The molecule has 0 saturated heterocycles. The molecule has 0 unspecified atom stereocenters. The van der Waals surface area contributed by atoms with Gasteiger partial charge in [-0.05, 0) is 24.6 Å². The Morgan fingerprint density at radius 3 is 2.59 bits per heavy atom. The third kappa shape index (κ3) is 2.69. The van der Waals surface area contributed by atoms with Gasteiger partial charge in [-0.1, -0.05) is 0 Å². The van der Waals surface area contributed by atoms with E-state index >= 15 is 0 Å². The number of phenolic OH excluding ortho intramolecular Hbond substituents is 1. The van der Waals surface area contributed by atoms with Gasteiger partial charge < -0.3 is 9.84 Å². The van der Waals surface area contributed by atoms with E-state index in [1.54, 1.807) is 13.0 Å². The van der Waals surface area contributed by atoms with Gasteiger partial charge in [-0.2, -0.15) is 0 Å². The van der Waals surface area contributed by atoms with Crippen LogP contribution in [0.25, 0.3) is 0 Å². The number of nitrogens with zero attached hydrogens (tertiary/aromatic N) is 1. The molecule has 0 aliphatic rings. The van der Waals surface area contributed by atoms with E-state index in [2.05, 4.69) is 4.98 Å². The quantitative estimate of drug-likeness (QED) is 0.872. The Hall–Kier alpha value is -2.17. The Morgan fingerprint density at radius 1 is 1.18 bits per heavy atom. The van der Waals surface area contributed by atoms with E-state index in [0.717, 1.165) is 11.8 Å². The summed E-state index contributed by atoms with van der Waals surface area (Å²) in [4.78, 5) is 3.48. The number of hydrogen-bond donors (Lipinski definition) is 1. The topological polar surface area (TPSA) is 42.4 Å². The van der Waals surface area contributed by atoms with Gasteiger partial charge in [0, 0.05) is 12.1 Å². The van der Waals surface area contributed by atoms with Crippen LogP contribution >= 0.6 is 0 Å². The number of aryl methyl sites for hydroxylation is 1.